The van der Waals surface area contributed by atoms with Gasteiger partial charge in [-0.1, -0.05) is 0 Å². The van der Waals surface area contributed by atoms with Crippen LogP contribution in [0.2, 0.25) is 0 Å². The van der Waals surface area contributed by atoms with Gasteiger partial charge in [-0.3, -0.25) is 0 Å². The van der Waals surface area contributed by atoms with Crippen LogP contribution in [0.5, 0.6) is 11.5 Å². The van der Waals surface area contributed by atoms with E-state index in [2.05, 4.69) is 15.6 Å². The van der Waals surface area contributed by atoms with Gasteiger partial charge < -0.3 is 29.6 Å². The molecular formula is C19H27N5O3. The first-order valence-electron chi connectivity index (χ1n) is 9.06. The zero-order valence-corrected chi connectivity index (χ0v) is 16.1. The second-order valence-electron chi connectivity index (χ2n) is 6.66. The Morgan fingerprint density at radius 3 is 2.41 bits per heavy atom. The minimum Gasteiger partial charge on any atom is -0.497 e. The van der Waals surface area contributed by atoms with Crippen LogP contribution in [0, 0.1) is 0 Å². The normalized spacial score (nSPS) is 14.7. The largest absolute Gasteiger partial charge is 0.497 e. The molecule has 8 nitrogen and oxygen atoms in total. The molecule has 2 aromatic rings. The van der Waals surface area contributed by atoms with Crippen LogP contribution in [0.25, 0.3) is 0 Å². The first kappa shape index (κ1) is 18.9. The fourth-order valence-corrected chi connectivity index (χ4v) is 3.19. The summed E-state index contributed by atoms with van der Waals surface area (Å²) in [4.78, 5) is 18.3. The molecule has 0 bridgehead atoms. The number of hydrogen-bond acceptors (Lipinski definition) is 5. The average molecular weight is 373 g/mol. The zero-order valence-electron chi connectivity index (χ0n) is 16.1. The number of hydrogen-bond donors (Lipinski definition) is 2. The second kappa shape index (κ2) is 8.66. The molecule has 0 unspecified atom stereocenters. The van der Waals surface area contributed by atoms with Gasteiger partial charge in [-0.05, 0) is 12.8 Å². The van der Waals surface area contributed by atoms with Gasteiger partial charge in [0.1, 0.15) is 11.5 Å². The molecule has 8 heteroatoms. The number of methoxy groups -OCH3 is 2. The third kappa shape index (κ3) is 4.84. The maximum absolute atomic E-state index is 12.4. The highest BCUT2D eigenvalue weighted by molar-refractivity contribution is 5.74. The predicted octanol–water partition coefficient (Wildman–Crippen LogP) is 2.22. The summed E-state index contributed by atoms with van der Waals surface area (Å²) in [6.45, 7) is 1.92. The summed E-state index contributed by atoms with van der Waals surface area (Å²) in [5, 5.41) is 6.48. The number of carbonyl (C=O) groups is 1. The molecule has 3 rings (SSSR count). The molecule has 1 fully saturated rings. The maximum atomic E-state index is 12.4. The lowest BCUT2D eigenvalue weighted by atomic mass is 10.0. The minimum absolute atomic E-state index is 0.0299. The monoisotopic (exact) mass is 373 g/mol. The van der Waals surface area contributed by atoms with Gasteiger partial charge in [0.25, 0.3) is 0 Å². The lowest BCUT2D eigenvalue weighted by Crippen LogP contribution is -2.46. The number of nitrogens with one attached hydrogen (secondary N) is 2. The number of amides is 2. The van der Waals surface area contributed by atoms with Crippen LogP contribution in [0.15, 0.2) is 30.7 Å². The molecule has 0 saturated carbocycles. The van der Waals surface area contributed by atoms with Crippen molar-refractivity contribution in [2.45, 2.75) is 25.4 Å². The van der Waals surface area contributed by atoms with E-state index >= 15 is 0 Å². The Kier molecular flexibility index (Phi) is 6.05. The van der Waals surface area contributed by atoms with Crippen molar-refractivity contribution in [2.24, 2.45) is 7.05 Å². The molecule has 1 aliphatic rings. The number of anilines is 1. The molecule has 2 heterocycles. The summed E-state index contributed by atoms with van der Waals surface area (Å²) < 4.78 is 12.5. The van der Waals surface area contributed by atoms with E-state index in [4.69, 9.17) is 9.47 Å². The number of aryl methyl sites for hydroxylation is 1. The molecule has 27 heavy (non-hydrogen) atoms. The smallest absolute Gasteiger partial charge is 0.317 e. The lowest BCUT2D eigenvalue weighted by molar-refractivity contribution is 0.183. The van der Waals surface area contributed by atoms with Gasteiger partial charge in [-0.15, -0.1) is 0 Å². The summed E-state index contributed by atoms with van der Waals surface area (Å²) in [7, 11) is 5.20. The van der Waals surface area contributed by atoms with Crippen LogP contribution < -0.4 is 20.1 Å². The van der Waals surface area contributed by atoms with Gasteiger partial charge >= 0.3 is 6.03 Å². The Bertz CT molecular complexity index is 746. The molecule has 1 saturated heterocycles. The van der Waals surface area contributed by atoms with Crippen LogP contribution in [0.3, 0.4) is 0 Å². The Balaban J connectivity index is 1.48. The quantitative estimate of drug-likeness (QED) is 0.812. The SMILES string of the molecule is COc1cc(NC2CCN(C(=O)NCc3cncn3C)CC2)cc(OC)c1. The molecule has 146 valence electrons. The first-order chi connectivity index (χ1) is 13.1. The number of aromatic nitrogens is 2. The molecule has 0 spiro atoms. The first-order valence-corrected chi connectivity index (χ1v) is 9.06. The van der Waals surface area contributed by atoms with Crippen molar-refractivity contribution >= 4 is 11.7 Å². The van der Waals surface area contributed by atoms with E-state index in [0.717, 1.165) is 48.8 Å². The van der Waals surface area contributed by atoms with Crippen molar-refractivity contribution in [3.8, 4) is 11.5 Å². The van der Waals surface area contributed by atoms with Gasteiger partial charge in [0, 0.05) is 56.3 Å². The van der Waals surface area contributed by atoms with Crippen molar-refractivity contribution in [2.75, 3.05) is 32.6 Å². The van der Waals surface area contributed by atoms with Crippen molar-refractivity contribution in [1.82, 2.24) is 19.8 Å². The highest BCUT2D eigenvalue weighted by Gasteiger charge is 2.23. The molecule has 0 aliphatic carbocycles. The summed E-state index contributed by atoms with van der Waals surface area (Å²) in [6.07, 6.45) is 5.27. The zero-order chi connectivity index (χ0) is 19.2. The lowest BCUT2D eigenvalue weighted by Gasteiger charge is -2.33. The number of nitrogens with zero attached hydrogens (tertiary/aromatic N) is 3. The molecule has 0 radical (unpaired) electrons. The van der Waals surface area contributed by atoms with Crippen molar-refractivity contribution in [3.63, 3.8) is 0 Å². The number of carbonyl (C=O) groups excluding carboxylic acids is 1. The highest BCUT2D eigenvalue weighted by Crippen LogP contribution is 2.27. The summed E-state index contributed by atoms with van der Waals surface area (Å²) >= 11 is 0. The predicted molar refractivity (Wildman–Crippen MR) is 103 cm³/mol. The van der Waals surface area contributed by atoms with Gasteiger partial charge in [0.15, 0.2) is 0 Å². The molecule has 2 amide bonds. The number of ether oxygens (including phenoxy) is 2. The summed E-state index contributed by atoms with van der Waals surface area (Å²) in [5.74, 6) is 1.51. The van der Waals surface area contributed by atoms with E-state index in [-0.39, 0.29) is 6.03 Å². The fourth-order valence-electron chi connectivity index (χ4n) is 3.19. The number of rotatable bonds is 6. The van der Waals surface area contributed by atoms with E-state index in [1.807, 2.05) is 34.7 Å². The summed E-state index contributed by atoms with van der Waals surface area (Å²) in [6, 6.07) is 6.03. The Morgan fingerprint density at radius 1 is 1.19 bits per heavy atom. The second-order valence-corrected chi connectivity index (χ2v) is 6.66. The van der Waals surface area contributed by atoms with E-state index in [1.165, 1.54) is 0 Å². The number of imidazole rings is 1. The van der Waals surface area contributed by atoms with Gasteiger partial charge in [-0.2, -0.15) is 0 Å². The Labute approximate surface area is 159 Å². The van der Waals surface area contributed by atoms with Crippen molar-refractivity contribution in [1.29, 1.82) is 0 Å². The van der Waals surface area contributed by atoms with Crippen LogP contribution in [-0.4, -0.2) is 53.8 Å². The van der Waals surface area contributed by atoms with Gasteiger partial charge in [-0.25, -0.2) is 9.78 Å². The third-order valence-corrected chi connectivity index (χ3v) is 4.84. The molecule has 0 atom stereocenters. The Hall–Kier alpha value is -2.90. The van der Waals surface area contributed by atoms with E-state index in [0.29, 0.717) is 12.6 Å². The van der Waals surface area contributed by atoms with Crippen molar-refractivity contribution in [3.05, 3.63) is 36.4 Å². The molecule has 1 aliphatic heterocycles. The number of benzene rings is 1. The standard InChI is InChI=1S/C19H27N5O3/c1-23-13-20-11-16(23)12-21-19(25)24-6-4-14(5-7-24)22-15-8-17(26-2)10-18(9-15)27-3/h8-11,13-14,22H,4-7,12H2,1-3H3,(H,21,25). The average Bonchev–Trinajstić information content (AvgIpc) is 3.11. The third-order valence-electron chi connectivity index (χ3n) is 4.84. The van der Waals surface area contributed by atoms with E-state index in [1.54, 1.807) is 26.7 Å². The Morgan fingerprint density at radius 2 is 1.85 bits per heavy atom. The molecule has 2 N–H and O–H groups in total. The topological polar surface area (TPSA) is 80.7 Å². The maximum Gasteiger partial charge on any atom is 0.317 e. The van der Waals surface area contributed by atoms with Gasteiger partial charge in [0.2, 0.25) is 0 Å². The molecule has 1 aromatic carbocycles. The number of piperidine rings is 1. The van der Waals surface area contributed by atoms with Crippen LogP contribution >= 0.6 is 0 Å². The van der Waals surface area contributed by atoms with Gasteiger partial charge in [0.05, 0.1) is 32.8 Å². The van der Waals surface area contributed by atoms with Crippen molar-refractivity contribution < 1.29 is 14.3 Å². The molecule has 1 aromatic heterocycles. The minimum atomic E-state index is -0.0299. The van der Waals surface area contributed by atoms with E-state index < -0.39 is 0 Å². The van der Waals surface area contributed by atoms with Crippen LogP contribution in [0.1, 0.15) is 18.5 Å². The molecular weight excluding hydrogens is 346 g/mol. The highest BCUT2D eigenvalue weighted by atomic mass is 16.5. The van der Waals surface area contributed by atoms with E-state index in [9.17, 15) is 4.79 Å². The van der Waals surface area contributed by atoms with Crippen LogP contribution in [0.4, 0.5) is 10.5 Å². The number of urea groups is 1. The number of likely N-dealkylation sites (tertiary alicyclic amines) is 1. The van der Waals surface area contributed by atoms with Crippen LogP contribution in [-0.2, 0) is 13.6 Å². The summed E-state index contributed by atoms with van der Waals surface area (Å²) in [5.41, 5.74) is 1.94. The fraction of sp³-hybridized carbons (Fsp3) is 0.474.